The number of aliphatic hydroxyl groups is 11. The van der Waals surface area contributed by atoms with Crippen molar-refractivity contribution in [3.05, 3.63) is 24.3 Å². The van der Waals surface area contributed by atoms with Crippen LogP contribution in [0.5, 0.6) is 0 Å². The molecule has 19 heteroatoms. The van der Waals surface area contributed by atoms with Crippen molar-refractivity contribution in [3.63, 3.8) is 0 Å². The van der Waals surface area contributed by atoms with Crippen LogP contribution < -0.4 is 5.32 Å². The summed E-state index contributed by atoms with van der Waals surface area (Å²) in [7, 11) is 0. The summed E-state index contributed by atoms with van der Waals surface area (Å²) in [5, 5.41) is 120. The van der Waals surface area contributed by atoms with E-state index in [1.54, 1.807) is 6.08 Å². The molecule has 3 saturated heterocycles. The molecule has 17 atom stereocenters. The van der Waals surface area contributed by atoms with Gasteiger partial charge in [-0.1, -0.05) is 327 Å². The molecule has 3 fully saturated rings. The lowest BCUT2D eigenvalue weighted by molar-refractivity contribution is -0.379. The lowest BCUT2D eigenvalue weighted by atomic mass is 9.96. The molecule has 0 saturated carbocycles. The summed E-state index contributed by atoms with van der Waals surface area (Å²) in [6.07, 6.45) is 46.7. The second kappa shape index (κ2) is 60.5. The lowest BCUT2D eigenvalue weighted by Crippen LogP contribution is -2.66. The molecule has 17 unspecified atom stereocenters. The van der Waals surface area contributed by atoms with E-state index in [0.29, 0.717) is 12.8 Å². The Morgan fingerprint density at radius 2 is 0.653 bits per heavy atom. The fourth-order valence-electron chi connectivity index (χ4n) is 14.0. The lowest BCUT2D eigenvalue weighted by Gasteiger charge is -2.48. The smallest absolute Gasteiger partial charge is 0.220 e. The van der Waals surface area contributed by atoms with Gasteiger partial charge in [-0.05, 0) is 32.1 Å². The Kier molecular flexibility index (Phi) is 55.9. The third-order valence-electron chi connectivity index (χ3n) is 20.5. The Balaban J connectivity index is 1.25. The summed E-state index contributed by atoms with van der Waals surface area (Å²) in [5.74, 6) is -0.280. The fraction of sp³-hybridized carbons (Fsp3) is 0.937. The molecule has 19 nitrogen and oxygen atoms in total. The molecule has 0 radical (unpaired) electrons. The Hall–Kier alpha value is -1.73. The number of carbonyl (C=O) groups excluding carboxylic acids is 1. The molecule has 0 spiro atoms. The molecule has 3 aliphatic rings. The van der Waals surface area contributed by atoms with Crippen LogP contribution in [0.1, 0.15) is 341 Å². The van der Waals surface area contributed by atoms with Gasteiger partial charge in [0.05, 0.1) is 38.6 Å². The number of unbranched alkanes of at least 4 members (excludes halogenated alkanes) is 47. The predicted octanol–water partition coefficient (Wildman–Crippen LogP) is 13.3. The maximum atomic E-state index is 13.4. The minimum atomic E-state index is -1.98. The number of nitrogens with one attached hydrogen (secondary N) is 1. The van der Waals surface area contributed by atoms with Crippen molar-refractivity contribution in [2.45, 2.75) is 446 Å². The third kappa shape index (κ3) is 40.5. The van der Waals surface area contributed by atoms with E-state index in [9.17, 15) is 61.0 Å². The molecule has 1 amide bonds. The number of ether oxygens (including phenoxy) is 6. The molecule has 0 bridgehead atoms. The van der Waals surface area contributed by atoms with Gasteiger partial charge in [0.15, 0.2) is 18.9 Å². The van der Waals surface area contributed by atoms with Crippen LogP contribution in [0.25, 0.3) is 0 Å². The zero-order chi connectivity index (χ0) is 71.1. The Morgan fingerprint density at radius 3 is 1.02 bits per heavy atom. The standard InChI is InChI=1S/C79H149NO18/c1-3-5-7-9-11-13-15-17-18-19-20-21-22-23-24-25-26-27-28-29-30-31-32-33-34-35-36-37-38-39-40-41-42-43-44-45-47-49-51-53-55-57-67(85)80-62(63(84)56-54-52-50-48-46-16-14-12-10-8-6-4-2)61-93-77-73(91)70(88)75(65(59-82)95-77)98-79-74(92)71(89)76(66(60-83)96-79)97-78-72(90)69(87)68(86)64(58-81)94-78/h46,48,54,56,62-66,68-79,81-84,86-92H,3-45,47,49-53,55,57-61H2,1-2H3,(H,80,85)/b48-46+,56-54+. The average molecular weight is 1400 g/mol. The first kappa shape index (κ1) is 90.5. The summed E-state index contributed by atoms with van der Waals surface area (Å²) in [5.41, 5.74) is 0. The quantitative estimate of drug-likeness (QED) is 0.0199. The van der Waals surface area contributed by atoms with E-state index in [-0.39, 0.29) is 18.9 Å². The molecule has 0 aliphatic carbocycles. The maximum Gasteiger partial charge on any atom is 0.220 e. The second-order valence-electron chi connectivity index (χ2n) is 29.2. The van der Waals surface area contributed by atoms with Gasteiger partial charge >= 0.3 is 0 Å². The summed E-state index contributed by atoms with van der Waals surface area (Å²) < 4.78 is 34.3. The highest BCUT2D eigenvalue weighted by Gasteiger charge is 2.54. The van der Waals surface area contributed by atoms with Gasteiger partial charge in [0.25, 0.3) is 0 Å². The number of aliphatic hydroxyl groups excluding tert-OH is 11. The van der Waals surface area contributed by atoms with Crippen molar-refractivity contribution in [3.8, 4) is 0 Å². The van der Waals surface area contributed by atoms with Crippen LogP contribution in [0.15, 0.2) is 24.3 Å². The van der Waals surface area contributed by atoms with E-state index in [2.05, 4.69) is 31.3 Å². The number of rotatable bonds is 65. The van der Waals surface area contributed by atoms with Crippen LogP contribution in [-0.2, 0) is 33.2 Å². The van der Waals surface area contributed by atoms with Crippen LogP contribution in [0.4, 0.5) is 0 Å². The van der Waals surface area contributed by atoms with Crippen molar-refractivity contribution in [2.24, 2.45) is 0 Å². The second-order valence-corrected chi connectivity index (χ2v) is 29.2. The minimum absolute atomic E-state index is 0.241. The van der Waals surface area contributed by atoms with E-state index >= 15 is 0 Å². The van der Waals surface area contributed by atoms with Gasteiger partial charge in [-0.25, -0.2) is 0 Å². The molecule has 3 aliphatic heterocycles. The highest BCUT2D eigenvalue weighted by molar-refractivity contribution is 5.76. The Morgan fingerprint density at radius 1 is 0.357 bits per heavy atom. The Bertz CT molecular complexity index is 1870. The first-order valence-electron chi connectivity index (χ1n) is 40.6. The van der Waals surface area contributed by atoms with Gasteiger partial charge in [-0.15, -0.1) is 0 Å². The summed E-state index contributed by atoms with van der Waals surface area (Å²) in [6, 6.07) is -0.986. The van der Waals surface area contributed by atoms with Crippen LogP contribution >= 0.6 is 0 Å². The first-order chi connectivity index (χ1) is 47.8. The molecule has 0 aromatic carbocycles. The minimum Gasteiger partial charge on any atom is -0.394 e. The van der Waals surface area contributed by atoms with Gasteiger partial charge in [-0.2, -0.15) is 0 Å². The fourth-order valence-corrected chi connectivity index (χ4v) is 14.0. The highest BCUT2D eigenvalue weighted by atomic mass is 16.8. The van der Waals surface area contributed by atoms with E-state index in [4.69, 9.17) is 28.4 Å². The normalized spacial score (nSPS) is 26.8. The SMILES string of the molecule is CCCCCCCC/C=C/CC/C=C/C(O)C(COC1OC(CO)C(OC2OC(CO)C(OC3OC(CO)C(O)C(O)C3O)C(O)C2O)C(O)C1O)NC(=O)CCCCCCCCCCCCCCCCCCCCCCCCCCCCCCCCCCCCCCCCCCC. The molecule has 3 heterocycles. The third-order valence-corrected chi connectivity index (χ3v) is 20.5. The molecule has 0 aromatic heterocycles. The zero-order valence-corrected chi connectivity index (χ0v) is 61.8. The van der Waals surface area contributed by atoms with Crippen molar-refractivity contribution in [2.75, 3.05) is 26.4 Å². The van der Waals surface area contributed by atoms with Crippen molar-refractivity contribution in [1.29, 1.82) is 0 Å². The van der Waals surface area contributed by atoms with Gasteiger partial charge in [0.2, 0.25) is 5.91 Å². The number of amides is 1. The van der Waals surface area contributed by atoms with Gasteiger partial charge < -0.3 is 89.9 Å². The van der Waals surface area contributed by atoms with Crippen molar-refractivity contribution >= 4 is 5.91 Å². The number of allylic oxidation sites excluding steroid dienone is 3. The molecule has 98 heavy (non-hydrogen) atoms. The van der Waals surface area contributed by atoms with E-state index < -0.39 is 124 Å². The summed E-state index contributed by atoms with van der Waals surface area (Å²) in [4.78, 5) is 13.4. The zero-order valence-electron chi connectivity index (χ0n) is 61.8. The van der Waals surface area contributed by atoms with Crippen LogP contribution in [0.2, 0.25) is 0 Å². The molecular formula is C79H149NO18. The molecular weight excluding hydrogens is 1250 g/mol. The number of hydrogen-bond donors (Lipinski definition) is 12. The number of hydrogen-bond acceptors (Lipinski definition) is 18. The molecule has 578 valence electrons. The van der Waals surface area contributed by atoms with Crippen molar-refractivity contribution < 1.29 is 89.4 Å². The van der Waals surface area contributed by atoms with E-state index in [0.717, 1.165) is 38.5 Å². The molecule has 3 rings (SSSR count). The van der Waals surface area contributed by atoms with Crippen LogP contribution in [0.3, 0.4) is 0 Å². The Labute approximate surface area is 594 Å². The van der Waals surface area contributed by atoms with Gasteiger partial charge in [-0.3, -0.25) is 4.79 Å². The van der Waals surface area contributed by atoms with Gasteiger partial charge in [0.1, 0.15) is 73.2 Å². The largest absolute Gasteiger partial charge is 0.394 e. The average Bonchev–Trinajstić information content (AvgIpc) is 0.785. The highest BCUT2D eigenvalue weighted by Crippen LogP contribution is 2.33. The topological polar surface area (TPSA) is 307 Å². The summed E-state index contributed by atoms with van der Waals surface area (Å²) in [6.45, 7) is 1.73. The first-order valence-corrected chi connectivity index (χ1v) is 40.6. The predicted molar refractivity (Wildman–Crippen MR) is 388 cm³/mol. The maximum absolute atomic E-state index is 13.4. The van der Waals surface area contributed by atoms with Crippen molar-refractivity contribution in [1.82, 2.24) is 5.32 Å². The van der Waals surface area contributed by atoms with E-state index in [1.807, 2.05) is 6.08 Å². The van der Waals surface area contributed by atoms with Crippen LogP contribution in [0, 0.1) is 0 Å². The summed E-state index contributed by atoms with van der Waals surface area (Å²) >= 11 is 0. The number of carbonyl (C=O) groups is 1. The molecule has 12 N–H and O–H groups in total. The molecule has 0 aromatic rings. The monoisotopic (exact) mass is 1400 g/mol. The van der Waals surface area contributed by atoms with E-state index in [1.165, 1.54) is 270 Å². The van der Waals surface area contributed by atoms with Gasteiger partial charge in [0, 0.05) is 6.42 Å². The van der Waals surface area contributed by atoms with Crippen LogP contribution in [-0.4, -0.2) is 193 Å².